The molecule has 4 nitrogen and oxygen atoms in total. The second-order valence-electron chi connectivity index (χ2n) is 6.86. The molecule has 2 rings (SSSR count). The van der Waals surface area contributed by atoms with Gasteiger partial charge in [0, 0.05) is 19.5 Å². The Morgan fingerprint density at radius 1 is 1.25 bits per heavy atom. The number of carbonyl (C=O) groups is 2. The lowest BCUT2D eigenvalue weighted by molar-refractivity contribution is -0.139. The van der Waals surface area contributed by atoms with Crippen LogP contribution in [0.3, 0.4) is 0 Å². The fourth-order valence-electron chi connectivity index (χ4n) is 3.35. The molecule has 0 spiro atoms. The van der Waals surface area contributed by atoms with Gasteiger partial charge in [0.25, 0.3) is 0 Å². The monoisotopic (exact) mass is 280 g/mol. The van der Waals surface area contributed by atoms with Crippen molar-refractivity contribution in [2.45, 2.75) is 64.8 Å². The Hall–Kier alpha value is -1.06. The number of amides is 2. The number of carbonyl (C=O) groups excluding carboxylic acids is 2. The van der Waals surface area contributed by atoms with Gasteiger partial charge < -0.3 is 10.2 Å². The van der Waals surface area contributed by atoms with Gasteiger partial charge in [0.15, 0.2) is 0 Å². The molecule has 2 amide bonds. The lowest BCUT2D eigenvalue weighted by atomic mass is 9.82. The zero-order valence-corrected chi connectivity index (χ0v) is 13.1. The van der Waals surface area contributed by atoms with Crippen LogP contribution in [0.25, 0.3) is 0 Å². The van der Waals surface area contributed by atoms with Crippen molar-refractivity contribution in [3.63, 3.8) is 0 Å². The summed E-state index contributed by atoms with van der Waals surface area (Å²) < 4.78 is 0. The second-order valence-corrected chi connectivity index (χ2v) is 6.86. The summed E-state index contributed by atoms with van der Waals surface area (Å²) in [6.45, 7) is 7.53. The van der Waals surface area contributed by atoms with Gasteiger partial charge in [-0.1, -0.05) is 26.7 Å². The van der Waals surface area contributed by atoms with E-state index in [1.54, 1.807) is 0 Å². The minimum atomic E-state index is -0.713. The lowest BCUT2D eigenvalue weighted by Crippen LogP contribution is -2.55. The van der Waals surface area contributed by atoms with Gasteiger partial charge in [0.1, 0.15) is 5.54 Å². The predicted octanol–water partition coefficient (Wildman–Crippen LogP) is 2.33. The highest BCUT2D eigenvalue weighted by Crippen LogP contribution is 2.30. The number of rotatable bonds is 3. The molecule has 114 valence electrons. The molecule has 0 aromatic heterocycles. The van der Waals surface area contributed by atoms with E-state index in [9.17, 15) is 9.59 Å². The molecule has 1 unspecified atom stereocenters. The van der Waals surface area contributed by atoms with Gasteiger partial charge in [0.05, 0.1) is 0 Å². The molecular formula is C16H28N2O2. The van der Waals surface area contributed by atoms with Crippen molar-refractivity contribution in [1.82, 2.24) is 10.2 Å². The minimum absolute atomic E-state index is 0.00228. The van der Waals surface area contributed by atoms with Crippen molar-refractivity contribution in [1.29, 1.82) is 0 Å². The molecule has 1 saturated carbocycles. The Kier molecular flexibility index (Phi) is 4.71. The highest BCUT2D eigenvalue weighted by Gasteiger charge is 2.39. The van der Waals surface area contributed by atoms with Crippen LogP contribution in [0.5, 0.6) is 0 Å². The quantitative estimate of drug-likeness (QED) is 0.862. The molecule has 2 fully saturated rings. The van der Waals surface area contributed by atoms with Gasteiger partial charge in [-0.15, -0.1) is 0 Å². The fraction of sp³-hybridized carbons (Fsp3) is 0.875. The summed E-state index contributed by atoms with van der Waals surface area (Å²) >= 11 is 0. The Morgan fingerprint density at radius 3 is 2.50 bits per heavy atom. The van der Waals surface area contributed by atoms with Gasteiger partial charge in [-0.25, -0.2) is 0 Å². The third kappa shape index (κ3) is 3.33. The van der Waals surface area contributed by atoms with E-state index in [-0.39, 0.29) is 11.8 Å². The standard InChI is InChI=1S/C16H28N2O2/c1-4-16(3)15(20)18(10-9-14(19)17-16)11-13-7-5-12(2)6-8-13/h12-13H,4-11H2,1-3H3,(H,17,19). The second kappa shape index (κ2) is 6.15. The van der Waals surface area contributed by atoms with E-state index >= 15 is 0 Å². The zero-order valence-electron chi connectivity index (χ0n) is 13.1. The molecule has 1 N–H and O–H groups in total. The van der Waals surface area contributed by atoms with Crippen molar-refractivity contribution in [3.05, 3.63) is 0 Å². The Bertz CT molecular complexity index is 375. The van der Waals surface area contributed by atoms with Crippen LogP contribution >= 0.6 is 0 Å². The minimum Gasteiger partial charge on any atom is -0.342 e. The molecule has 1 atom stereocenters. The van der Waals surface area contributed by atoms with Crippen molar-refractivity contribution in [2.24, 2.45) is 11.8 Å². The molecule has 1 aliphatic heterocycles. The first-order valence-corrected chi connectivity index (χ1v) is 8.05. The molecule has 0 bridgehead atoms. The van der Waals surface area contributed by atoms with Crippen LogP contribution in [0.15, 0.2) is 0 Å². The maximum atomic E-state index is 12.7. The average molecular weight is 280 g/mol. The molecule has 0 aromatic rings. The summed E-state index contributed by atoms with van der Waals surface area (Å²) in [6, 6.07) is 0. The lowest BCUT2D eigenvalue weighted by Gasteiger charge is -2.35. The van der Waals surface area contributed by atoms with Crippen molar-refractivity contribution >= 4 is 11.8 Å². The van der Waals surface area contributed by atoms with E-state index in [2.05, 4.69) is 12.2 Å². The van der Waals surface area contributed by atoms with E-state index in [4.69, 9.17) is 0 Å². The number of hydrogen-bond acceptors (Lipinski definition) is 2. The highest BCUT2D eigenvalue weighted by atomic mass is 16.2. The summed E-state index contributed by atoms with van der Waals surface area (Å²) in [5.74, 6) is 1.55. The number of nitrogens with zero attached hydrogens (tertiary/aromatic N) is 1. The molecule has 1 aliphatic carbocycles. The van der Waals surface area contributed by atoms with Gasteiger partial charge in [-0.05, 0) is 38.0 Å². The molecule has 20 heavy (non-hydrogen) atoms. The van der Waals surface area contributed by atoms with Crippen LogP contribution in [0, 0.1) is 11.8 Å². The van der Waals surface area contributed by atoms with Gasteiger partial charge in [-0.2, -0.15) is 0 Å². The number of nitrogens with one attached hydrogen (secondary N) is 1. The van der Waals surface area contributed by atoms with Gasteiger partial charge in [0.2, 0.25) is 11.8 Å². The van der Waals surface area contributed by atoms with Crippen LogP contribution in [0.4, 0.5) is 0 Å². The smallest absolute Gasteiger partial charge is 0.248 e. The largest absolute Gasteiger partial charge is 0.342 e. The third-order valence-electron chi connectivity index (χ3n) is 5.10. The van der Waals surface area contributed by atoms with E-state index in [0.29, 0.717) is 25.3 Å². The van der Waals surface area contributed by atoms with Crippen molar-refractivity contribution in [3.8, 4) is 0 Å². The summed E-state index contributed by atoms with van der Waals surface area (Å²) in [7, 11) is 0. The van der Waals surface area contributed by atoms with Crippen LogP contribution in [-0.4, -0.2) is 35.3 Å². The van der Waals surface area contributed by atoms with E-state index in [1.807, 2.05) is 18.7 Å². The average Bonchev–Trinajstić information content (AvgIpc) is 2.53. The molecule has 1 heterocycles. The zero-order chi connectivity index (χ0) is 14.8. The SMILES string of the molecule is CCC1(C)NC(=O)CCN(CC2CCC(C)CC2)C1=O. The molecule has 2 aliphatic rings. The van der Waals surface area contributed by atoms with Gasteiger partial charge >= 0.3 is 0 Å². The predicted molar refractivity (Wildman–Crippen MR) is 79.2 cm³/mol. The van der Waals surface area contributed by atoms with Crippen molar-refractivity contribution < 1.29 is 9.59 Å². The summed E-state index contributed by atoms with van der Waals surface area (Å²) in [5, 5.41) is 2.90. The summed E-state index contributed by atoms with van der Waals surface area (Å²) in [5.41, 5.74) is -0.713. The first-order chi connectivity index (χ1) is 9.44. The van der Waals surface area contributed by atoms with Crippen LogP contribution < -0.4 is 5.32 Å². The third-order valence-corrected chi connectivity index (χ3v) is 5.10. The van der Waals surface area contributed by atoms with Crippen LogP contribution in [0.2, 0.25) is 0 Å². The van der Waals surface area contributed by atoms with Crippen LogP contribution in [0.1, 0.15) is 59.3 Å². The Balaban J connectivity index is 2.02. The molecular weight excluding hydrogens is 252 g/mol. The maximum absolute atomic E-state index is 12.7. The van der Waals surface area contributed by atoms with Gasteiger partial charge in [-0.3, -0.25) is 9.59 Å². The summed E-state index contributed by atoms with van der Waals surface area (Å²) in [4.78, 5) is 26.4. The molecule has 0 aromatic carbocycles. The molecule has 4 heteroatoms. The Morgan fingerprint density at radius 2 is 1.90 bits per heavy atom. The number of hydrogen-bond donors (Lipinski definition) is 1. The van der Waals surface area contributed by atoms with E-state index < -0.39 is 5.54 Å². The van der Waals surface area contributed by atoms with E-state index in [0.717, 1.165) is 12.5 Å². The molecule has 1 saturated heterocycles. The maximum Gasteiger partial charge on any atom is 0.248 e. The van der Waals surface area contributed by atoms with E-state index in [1.165, 1.54) is 25.7 Å². The molecule has 0 radical (unpaired) electrons. The van der Waals surface area contributed by atoms with Crippen LogP contribution in [-0.2, 0) is 9.59 Å². The topological polar surface area (TPSA) is 49.4 Å². The Labute approximate surface area is 122 Å². The fourth-order valence-corrected chi connectivity index (χ4v) is 3.35. The first-order valence-electron chi connectivity index (χ1n) is 8.05. The highest BCUT2D eigenvalue weighted by molar-refractivity contribution is 5.93. The summed E-state index contributed by atoms with van der Waals surface area (Å²) in [6.07, 6.45) is 6.06. The normalized spacial score (nSPS) is 35.6. The first kappa shape index (κ1) is 15.3. The van der Waals surface area contributed by atoms with Crippen molar-refractivity contribution in [2.75, 3.05) is 13.1 Å².